The third-order valence-electron chi connectivity index (χ3n) is 3.76. The highest BCUT2D eigenvalue weighted by Crippen LogP contribution is 2.37. The molecule has 0 spiro atoms. The van der Waals surface area contributed by atoms with Crippen LogP contribution in [-0.4, -0.2) is 45.5 Å². The Labute approximate surface area is 114 Å². The number of nitrogens with one attached hydrogen (secondary N) is 1. The molecule has 3 atom stereocenters. The molecule has 19 heavy (non-hydrogen) atoms. The molecule has 2 heterocycles. The summed E-state index contributed by atoms with van der Waals surface area (Å²) < 4.78 is 0. The van der Waals surface area contributed by atoms with Crippen molar-refractivity contribution < 1.29 is 14.7 Å². The van der Waals surface area contributed by atoms with Crippen molar-refractivity contribution in [3.05, 3.63) is 11.2 Å². The average Bonchev–Trinajstić information content (AvgIpc) is 3.03. The molecule has 2 N–H and O–H groups in total. The monoisotopic (exact) mass is 281 g/mol. The number of thiazole rings is 1. The summed E-state index contributed by atoms with van der Waals surface area (Å²) >= 11 is 1.33. The number of carbonyl (C=O) groups is 2. The van der Waals surface area contributed by atoms with Gasteiger partial charge in [0.1, 0.15) is 5.00 Å². The molecule has 7 heteroatoms. The summed E-state index contributed by atoms with van der Waals surface area (Å²) in [6.45, 7) is 2.41. The minimum atomic E-state index is -0.650. The highest BCUT2D eigenvalue weighted by atomic mass is 32.1. The van der Waals surface area contributed by atoms with Crippen LogP contribution < -0.4 is 5.32 Å². The molecule has 1 saturated heterocycles. The van der Waals surface area contributed by atoms with Gasteiger partial charge in [-0.3, -0.25) is 9.59 Å². The van der Waals surface area contributed by atoms with Crippen molar-refractivity contribution in [2.45, 2.75) is 31.9 Å². The quantitative estimate of drug-likeness (QED) is 0.729. The van der Waals surface area contributed by atoms with Gasteiger partial charge in [0.2, 0.25) is 0 Å². The molecule has 3 rings (SSSR count). The zero-order valence-electron chi connectivity index (χ0n) is 10.5. The number of amides is 2. The van der Waals surface area contributed by atoms with Gasteiger partial charge in [-0.15, -0.1) is 11.3 Å². The molecule has 2 bridgehead atoms. The number of rotatable bonds is 1. The fourth-order valence-corrected chi connectivity index (χ4v) is 3.61. The van der Waals surface area contributed by atoms with Crippen LogP contribution in [0, 0.1) is 12.8 Å². The molecule has 1 aliphatic carbocycles. The van der Waals surface area contributed by atoms with Crippen LogP contribution in [0.4, 0.5) is 5.00 Å². The maximum atomic E-state index is 12.1. The van der Waals surface area contributed by atoms with Crippen molar-refractivity contribution in [2.75, 3.05) is 11.9 Å². The van der Waals surface area contributed by atoms with E-state index in [2.05, 4.69) is 10.3 Å². The lowest BCUT2D eigenvalue weighted by atomic mass is 10.1. The maximum Gasteiger partial charge on any atom is 0.314 e. The zero-order valence-corrected chi connectivity index (χ0v) is 11.3. The Hall–Kier alpha value is -1.47. The highest BCUT2D eigenvalue weighted by molar-refractivity contribution is 7.15. The summed E-state index contributed by atoms with van der Waals surface area (Å²) in [5, 5.41) is 13.7. The van der Waals surface area contributed by atoms with Gasteiger partial charge >= 0.3 is 11.8 Å². The standard InChI is InChI=1S/C12H15N3O3S/c1-6-13-4-10(19-6)14-11(17)12(18)15-5-7-2-8(15)9(16)3-7/h4,7-9,16H,2-3,5H2,1H3,(H,14,17)/t7-,8+,9+/m0/s1. The summed E-state index contributed by atoms with van der Waals surface area (Å²) in [7, 11) is 0. The number of aromatic nitrogens is 1. The van der Waals surface area contributed by atoms with Crippen LogP contribution >= 0.6 is 11.3 Å². The number of fused-ring (bicyclic) bond motifs is 2. The SMILES string of the molecule is Cc1ncc(NC(=O)C(=O)N2C[C@@H]3C[C@@H](O)[C@H]2C3)s1. The van der Waals surface area contributed by atoms with Gasteiger partial charge in [0.05, 0.1) is 23.4 Å². The second-order valence-electron chi connectivity index (χ2n) is 5.13. The molecule has 1 saturated carbocycles. The highest BCUT2D eigenvalue weighted by Gasteiger charge is 2.47. The fraction of sp³-hybridized carbons (Fsp3) is 0.583. The summed E-state index contributed by atoms with van der Waals surface area (Å²) in [5.41, 5.74) is 0. The van der Waals surface area contributed by atoms with Crippen molar-refractivity contribution in [1.29, 1.82) is 0 Å². The van der Waals surface area contributed by atoms with E-state index in [-0.39, 0.29) is 6.04 Å². The van der Waals surface area contributed by atoms with Gasteiger partial charge in [0.25, 0.3) is 0 Å². The van der Waals surface area contributed by atoms with E-state index in [4.69, 9.17) is 0 Å². The van der Waals surface area contributed by atoms with Gasteiger partial charge in [-0.2, -0.15) is 0 Å². The van der Waals surface area contributed by atoms with Gasteiger partial charge < -0.3 is 15.3 Å². The summed E-state index contributed by atoms with van der Waals surface area (Å²) in [6.07, 6.45) is 2.60. The number of nitrogens with zero attached hydrogens (tertiary/aromatic N) is 2. The molecule has 1 aromatic heterocycles. The molecule has 1 aliphatic heterocycles. The molecule has 102 valence electrons. The van der Waals surface area contributed by atoms with Gasteiger partial charge in [-0.05, 0) is 25.7 Å². The maximum absolute atomic E-state index is 12.1. The molecular formula is C12H15N3O3S. The van der Waals surface area contributed by atoms with E-state index in [0.717, 1.165) is 17.8 Å². The fourth-order valence-electron chi connectivity index (χ4n) is 2.94. The predicted octanol–water partition coefficient (Wildman–Crippen LogP) is 0.372. The topological polar surface area (TPSA) is 82.5 Å². The number of likely N-dealkylation sites (tertiary alicyclic amines) is 1. The van der Waals surface area contributed by atoms with E-state index in [1.54, 1.807) is 0 Å². The van der Waals surface area contributed by atoms with Crippen LogP contribution in [0.5, 0.6) is 0 Å². The third kappa shape index (κ3) is 2.23. The van der Waals surface area contributed by atoms with Gasteiger partial charge in [0, 0.05) is 6.54 Å². The summed E-state index contributed by atoms with van der Waals surface area (Å²) in [5.74, 6) is -0.872. The predicted molar refractivity (Wildman–Crippen MR) is 69.7 cm³/mol. The smallest absolute Gasteiger partial charge is 0.314 e. The van der Waals surface area contributed by atoms with E-state index in [9.17, 15) is 14.7 Å². The normalized spacial score (nSPS) is 28.7. The first kappa shape index (κ1) is 12.6. The lowest BCUT2D eigenvalue weighted by molar-refractivity contribution is -0.145. The number of piperidine rings is 1. The first-order valence-electron chi connectivity index (χ1n) is 6.27. The number of hydrogen-bond acceptors (Lipinski definition) is 5. The van der Waals surface area contributed by atoms with Crippen LogP contribution in [0.3, 0.4) is 0 Å². The van der Waals surface area contributed by atoms with E-state index in [1.807, 2.05) is 6.92 Å². The first-order chi connectivity index (χ1) is 9.04. The average molecular weight is 281 g/mol. The van der Waals surface area contributed by atoms with Crippen LogP contribution in [0.1, 0.15) is 17.8 Å². The number of anilines is 1. The van der Waals surface area contributed by atoms with Crippen LogP contribution in [0.2, 0.25) is 0 Å². The van der Waals surface area contributed by atoms with Crippen molar-refractivity contribution in [3.63, 3.8) is 0 Å². The van der Waals surface area contributed by atoms with Crippen LogP contribution in [-0.2, 0) is 9.59 Å². The van der Waals surface area contributed by atoms with Gasteiger partial charge in [0.15, 0.2) is 0 Å². The van der Waals surface area contributed by atoms with Crippen molar-refractivity contribution in [1.82, 2.24) is 9.88 Å². The molecule has 2 fully saturated rings. The molecular weight excluding hydrogens is 266 g/mol. The third-order valence-corrected chi connectivity index (χ3v) is 4.59. The van der Waals surface area contributed by atoms with E-state index in [1.165, 1.54) is 22.4 Å². The van der Waals surface area contributed by atoms with Crippen molar-refractivity contribution >= 4 is 28.2 Å². The summed E-state index contributed by atoms with van der Waals surface area (Å²) in [6, 6.07) is -0.188. The lowest BCUT2D eigenvalue weighted by Gasteiger charge is -2.29. The molecule has 0 aromatic carbocycles. The van der Waals surface area contributed by atoms with Crippen LogP contribution in [0.25, 0.3) is 0 Å². The van der Waals surface area contributed by atoms with Gasteiger partial charge in [-0.1, -0.05) is 0 Å². The number of hydrogen-bond donors (Lipinski definition) is 2. The second kappa shape index (κ2) is 4.57. The first-order valence-corrected chi connectivity index (χ1v) is 7.08. The van der Waals surface area contributed by atoms with Crippen LogP contribution in [0.15, 0.2) is 6.20 Å². The minimum Gasteiger partial charge on any atom is -0.391 e. The molecule has 0 unspecified atom stereocenters. The molecule has 2 amide bonds. The van der Waals surface area contributed by atoms with E-state index in [0.29, 0.717) is 17.5 Å². The van der Waals surface area contributed by atoms with E-state index < -0.39 is 17.9 Å². The molecule has 1 aromatic rings. The van der Waals surface area contributed by atoms with Crippen molar-refractivity contribution in [2.24, 2.45) is 5.92 Å². The number of aryl methyl sites for hydroxylation is 1. The molecule has 2 aliphatic rings. The lowest BCUT2D eigenvalue weighted by Crippen LogP contribution is -2.48. The number of carbonyl (C=O) groups excluding carboxylic acids is 2. The second-order valence-corrected chi connectivity index (χ2v) is 6.36. The molecule has 0 radical (unpaired) electrons. The Morgan fingerprint density at radius 2 is 2.32 bits per heavy atom. The Bertz CT molecular complexity index is 530. The number of aliphatic hydroxyl groups is 1. The number of aliphatic hydroxyl groups excluding tert-OH is 1. The Morgan fingerprint density at radius 3 is 2.89 bits per heavy atom. The zero-order chi connectivity index (χ0) is 13.6. The van der Waals surface area contributed by atoms with E-state index >= 15 is 0 Å². The Kier molecular flexibility index (Phi) is 3.02. The molecule has 6 nitrogen and oxygen atoms in total. The Balaban J connectivity index is 1.66. The largest absolute Gasteiger partial charge is 0.391 e. The van der Waals surface area contributed by atoms with Crippen molar-refractivity contribution in [3.8, 4) is 0 Å². The minimum absolute atomic E-state index is 0.188. The summed E-state index contributed by atoms with van der Waals surface area (Å²) in [4.78, 5) is 29.5. The Morgan fingerprint density at radius 1 is 1.53 bits per heavy atom. The van der Waals surface area contributed by atoms with Gasteiger partial charge in [-0.25, -0.2) is 4.98 Å².